The van der Waals surface area contributed by atoms with Crippen molar-refractivity contribution in [2.24, 2.45) is 0 Å². The Balaban J connectivity index is 1.53. The first kappa shape index (κ1) is 18.4. The van der Waals surface area contributed by atoms with Crippen molar-refractivity contribution in [1.82, 2.24) is 10.2 Å². The van der Waals surface area contributed by atoms with Crippen LogP contribution in [0.1, 0.15) is 23.3 Å². The molecule has 1 fully saturated rings. The van der Waals surface area contributed by atoms with Crippen LogP contribution in [0.4, 0.5) is 0 Å². The minimum atomic E-state index is 0.0227. The number of benzene rings is 1. The van der Waals surface area contributed by atoms with E-state index in [4.69, 9.17) is 16.3 Å². The minimum Gasteiger partial charge on any atom is -0.377 e. The Labute approximate surface area is 157 Å². The second-order valence-electron chi connectivity index (χ2n) is 6.29. The number of nitrogens with zero attached hydrogens (tertiary/aromatic N) is 1. The Kier molecular flexibility index (Phi) is 6.87. The van der Waals surface area contributed by atoms with E-state index in [0.29, 0.717) is 18.1 Å². The molecule has 0 saturated carbocycles. The van der Waals surface area contributed by atoms with Crippen molar-refractivity contribution in [3.8, 4) is 0 Å². The number of amides is 1. The van der Waals surface area contributed by atoms with Crippen LogP contribution in [0.25, 0.3) is 0 Å². The molecule has 1 saturated heterocycles. The Hall–Kier alpha value is -1.40. The molecule has 1 N–H and O–H groups in total. The fraction of sp³-hybridized carbons (Fsp3) is 0.421. The maximum Gasteiger partial charge on any atom is 0.234 e. The second-order valence-corrected chi connectivity index (χ2v) is 7.76. The van der Waals surface area contributed by atoms with Gasteiger partial charge in [-0.1, -0.05) is 29.8 Å². The Morgan fingerprint density at radius 3 is 3.00 bits per heavy atom. The van der Waals surface area contributed by atoms with E-state index in [9.17, 15) is 4.79 Å². The minimum absolute atomic E-state index is 0.0227. The summed E-state index contributed by atoms with van der Waals surface area (Å²) in [6.07, 6.45) is 2.42. The predicted octanol–water partition coefficient (Wildman–Crippen LogP) is 3.70. The molecule has 0 spiro atoms. The van der Waals surface area contributed by atoms with Gasteiger partial charge in [0.05, 0.1) is 12.6 Å². The number of rotatable bonds is 8. The van der Waals surface area contributed by atoms with Gasteiger partial charge in [-0.05, 0) is 42.0 Å². The first-order chi connectivity index (χ1) is 12.2. The van der Waals surface area contributed by atoms with Crippen LogP contribution in [0, 0.1) is 0 Å². The summed E-state index contributed by atoms with van der Waals surface area (Å²) < 4.78 is 5.74. The number of hydrogen-bond donors (Lipinski definition) is 1. The molecule has 1 atom stereocenters. The van der Waals surface area contributed by atoms with Crippen LogP contribution in [0.3, 0.4) is 0 Å². The second kappa shape index (κ2) is 9.34. The average Bonchev–Trinajstić information content (AvgIpc) is 3.27. The standard InChI is InChI=1S/C19H23ClN2O2S/c20-16-5-1-4-15(10-16)11-21-19(23)14-22(12-17-6-2-8-24-17)13-18-7-3-9-25-18/h1,3-5,7,9-10,17H,2,6,8,11-14H2,(H,21,23)/t17-/m0/s1. The number of thiophene rings is 1. The number of hydrogen-bond acceptors (Lipinski definition) is 4. The van der Waals surface area contributed by atoms with E-state index in [1.54, 1.807) is 11.3 Å². The summed E-state index contributed by atoms with van der Waals surface area (Å²) in [4.78, 5) is 15.8. The van der Waals surface area contributed by atoms with Gasteiger partial charge in [-0.25, -0.2) is 0 Å². The van der Waals surface area contributed by atoms with Gasteiger partial charge >= 0.3 is 0 Å². The molecule has 0 radical (unpaired) electrons. The Morgan fingerprint density at radius 1 is 1.36 bits per heavy atom. The van der Waals surface area contributed by atoms with Gasteiger partial charge in [0.25, 0.3) is 0 Å². The fourth-order valence-corrected chi connectivity index (χ4v) is 3.95. The molecule has 0 unspecified atom stereocenters. The quantitative estimate of drug-likeness (QED) is 0.761. The zero-order chi connectivity index (χ0) is 17.5. The molecule has 1 aliphatic rings. The van der Waals surface area contributed by atoms with Crippen molar-refractivity contribution < 1.29 is 9.53 Å². The third kappa shape index (κ3) is 6.12. The van der Waals surface area contributed by atoms with E-state index in [1.807, 2.05) is 30.3 Å². The third-order valence-corrected chi connectivity index (χ3v) is 5.29. The van der Waals surface area contributed by atoms with Crippen LogP contribution < -0.4 is 5.32 Å². The molecule has 0 bridgehead atoms. The summed E-state index contributed by atoms with van der Waals surface area (Å²) in [5, 5.41) is 5.74. The maximum absolute atomic E-state index is 12.4. The normalized spacial score (nSPS) is 17.1. The van der Waals surface area contributed by atoms with Crippen molar-refractivity contribution >= 4 is 28.8 Å². The summed E-state index contributed by atoms with van der Waals surface area (Å²) in [5.74, 6) is 0.0227. The van der Waals surface area contributed by atoms with Gasteiger partial charge in [0.2, 0.25) is 5.91 Å². The molecule has 1 aromatic heterocycles. The molecule has 2 aromatic rings. The number of carbonyl (C=O) groups is 1. The lowest BCUT2D eigenvalue weighted by Gasteiger charge is -2.24. The largest absolute Gasteiger partial charge is 0.377 e. The van der Waals surface area contributed by atoms with E-state index >= 15 is 0 Å². The van der Waals surface area contributed by atoms with Crippen LogP contribution in [0.15, 0.2) is 41.8 Å². The van der Waals surface area contributed by atoms with Crippen LogP contribution in [0.5, 0.6) is 0 Å². The van der Waals surface area contributed by atoms with Gasteiger partial charge in [0, 0.05) is 36.1 Å². The molecule has 1 aliphatic heterocycles. The summed E-state index contributed by atoms with van der Waals surface area (Å²) in [6.45, 7) is 3.27. The summed E-state index contributed by atoms with van der Waals surface area (Å²) >= 11 is 7.70. The molecular formula is C19H23ClN2O2S. The SMILES string of the molecule is O=C(CN(Cc1cccs1)C[C@@H]1CCCO1)NCc1cccc(Cl)c1. The monoisotopic (exact) mass is 378 g/mol. The van der Waals surface area contributed by atoms with Crippen LogP contribution >= 0.6 is 22.9 Å². The van der Waals surface area contributed by atoms with Crippen molar-refractivity contribution in [3.05, 3.63) is 57.2 Å². The Morgan fingerprint density at radius 2 is 2.28 bits per heavy atom. The fourth-order valence-electron chi connectivity index (χ4n) is 2.99. The maximum atomic E-state index is 12.4. The van der Waals surface area contributed by atoms with Crippen LogP contribution in [0.2, 0.25) is 5.02 Å². The lowest BCUT2D eigenvalue weighted by atomic mass is 10.2. The number of carbonyl (C=O) groups excluding carboxylic acids is 1. The van der Waals surface area contributed by atoms with Crippen molar-refractivity contribution in [2.75, 3.05) is 19.7 Å². The van der Waals surface area contributed by atoms with Gasteiger partial charge in [-0.3, -0.25) is 9.69 Å². The molecule has 6 heteroatoms. The van der Waals surface area contributed by atoms with Gasteiger partial charge < -0.3 is 10.1 Å². The highest BCUT2D eigenvalue weighted by Gasteiger charge is 2.21. The van der Waals surface area contributed by atoms with E-state index in [2.05, 4.69) is 21.7 Å². The molecule has 1 amide bonds. The molecule has 25 heavy (non-hydrogen) atoms. The molecular weight excluding hydrogens is 356 g/mol. The number of halogens is 1. The predicted molar refractivity (Wildman–Crippen MR) is 102 cm³/mol. The van der Waals surface area contributed by atoms with Crippen LogP contribution in [-0.2, 0) is 22.6 Å². The highest BCUT2D eigenvalue weighted by Crippen LogP contribution is 2.17. The lowest BCUT2D eigenvalue weighted by molar-refractivity contribution is -0.122. The summed E-state index contributed by atoms with van der Waals surface area (Å²) in [6, 6.07) is 11.7. The number of ether oxygens (including phenoxy) is 1. The smallest absolute Gasteiger partial charge is 0.234 e. The highest BCUT2D eigenvalue weighted by atomic mass is 35.5. The molecule has 134 valence electrons. The molecule has 4 nitrogen and oxygen atoms in total. The first-order valence-corrected chi connectivity index (χ1v) is 9.82. The summed E-state index contributed by atoms with van der Waals surface area (Å²) in [7, 11) is 0. The van der Waals surface area contributed by atoms with Crippen molar-refractivity contribution in [1.29, 1.82) is 0 Å². The van der Waals surface area contributed by atoms with E-state index in [0.717, 1.165) is 38.1 Å². The van der Waals surface area contributed by atoms with Crippen molar-refractivity contribution in [2.45, 2.75) is 32.0 Å². The van der Waals surface area contributed by atoms with Gasteiger partial charge in [-0.15, -0.1) is 11.3 Å². The first-order valence-electron chi connectivity index (χ1n) is 8.56. The van der Waals surface area contributed by atoms with E-state index in [1.165, 1.54) is 4.88 Å². The van der Waals surface area contributed by atoms with Crippen molar-refractivity contribution in [3.63, 3.8) is 0 Å². The lowest BCUT2D eigenvalue weighted by Crippen LogP contribution is -2.40. The highest BCUT2D eigenvalue weighted by molar-refractivity contribution is 7.09. The molecule has 2 heterocycles. The topological polar surface area (TPSA) is 41.6 Å². The summed E-state index contributed by atoms with van der Waals surface area (Å²) in [5.41, 5.74) is 1.00. The molecule has 3 rings (SSSR count). The molecule has 0 aliphatic carbocycles. The zero-order valence-corrected chi connectivity index (χ0v) is 15.7. The zero-order valence-electron chi connectivity index (χ0n) is 14.1. The van der Waals surface area contributed by atoms with E-state index < -0.39 is 0 Å². The van der Waals surface area contributed by atoms with Gasteiger partial charge in [0.15, 0.2) is 0 Å². The number of nitrogens with one attached hydrogen (secondary N) is 1. The average molecular weight is 379 g/mol. The Bertz CT molecular complexity index is 672. The van der Waals surface area contributed by atoms with Gasteiger partial charge in [0.1, 0.15) is 0 Å². The third-order valence-electron chi connectivity index (χ3n) is 4.19. The van der Waals surface area contributed by atoms with Gasteiger partial charge in [-0.2, -0.15) is 0 Å². The molecule has 1 aromatic carbocycles. The van der Waals surface area contributed by atoms with E-state index in [-0.39, 0.29) is 12.0 Å². The van der Waals surface area contributed by atoms with Crippen LogP contribution in [-0.4, -0.2) is 36.6 Å².